The molecule has 42 heavy (non-hydrogen) atoms. The van der Waals surface area contributed by atoms with Crippen molar-refractivity contribution in [1.29, 1.82) is 0 Å². The number of thioether (sulfide) groups is 2. The van der Waals surface area contributed by atoms with Crippen LogP contribution >= 0.6 is 23.5 Å². The van der Waals surface area contributed by atoms with Crippen LogP contribution in [-0.4, -0.2) is 75.6 Å². The van der Waals surface area contributed by atoms with Crippen LogP contribution in [0.2, 0.25) is 0 Å². The van der Waals surface area contributed by atoms with Crippen molar-refractivity contribution in [2.45, 2.75) is 43.9 Å². The number of nitrogens with zero attached hydrogens (tertiary/aromatic N) is 2. The van der Waals surface area contributed by atoms with Crippen LogP contribution in [0.5, 0.6) is 0 Å². The predicted octanol–water partition coefficient (Wildman–Crippen LogP) is 5.35. The van der Waals surface area contributed by atoms with E-state index in [-0.39, 0.29) is 10.9 Å². The fourth-order valence-corrected chi connectivity index (χ4v) is 6.29. The summed E-state index contributed by atoms with van der Waals surface area (Å²) in [6, 6.07) is 18.0. The van der Waals surface area contributed by atoms with E-state index in [0.29, 0.717) is 17.1 Å². The second kappa shape index (κ2) is 13.5. The summed E-state index contributed by atoms with van der Waals surface area (Å²) in [5.74, 6) is -0.289. The van der Waals surface area contributed by atoms with Crippen LogP contribution < -0.4 is 5.32 Å². The number of allylic oxidation sites excluding steroid dienone is 1. The Bertz CT molecular complexity index is 1330. The van der Waals surface area contributed by atoms with Crippen LogP contribution in [0.4, 0.5) is 9.59 Å². The number of nitrogens with one attached hydrogen (secondary N) is 1. The minimum Gasteiger partial charge on any atom is -0.448 e. The van der Waals surface area contributed by atoms with Gasteiger partial charge in [0.05, 0.1) is 0 Å². The van der Waals surface area contributed by atoms with Gasteiger partial charge in [0, 0.05) is 25.6 Å². The van der Waals surface area contributed by atoms with E-state index in [9.17, 15) is 19.2 Å². The summed E-state index contributed by atoms with van der Waals surface area (Å²) in [6.45, 7) is 5.23. The fourth-order valence-electron chi connectivity index (χ4n) is 4.38. The van der Waals surface area contributed by atoms with Crippen molar-refractivity contribution in [2.24, 2.45) is 0 Å². The highest BCUT2D eigenvalue weighted by molar-refractivity contribution is 8.13. The van der Waals surface area contributed by atoms with Gasteiger partial charge in [0.1, 0.15) is 22.7 Å². The number of ether oxygens (including phenoxy) is 2. The highest BCUT2D eigenvalue weighted by Gasteiger charge is 2.54. The molecular formula is C31H35N3O6S2. The number of alkyl carbamates (subject to hydrolysis) is 1. The Balaban J connectivity index is 1.62. The van der Waals surface area contributed by atoms with Gasteiger partial charge in [-0.05, 0) is 37.5 Å². The quantitative estimate of drug-likeness (QED) is 0.315. The highest BCUT2D eigenvalue weighted by Crippen LogP contribution is 2.42. The molecule has 0 bridgehead atoms. The van der Waals surface area contributed by atoms with E-state index in [4.69, 9.17) is 9.47 Å². The molecule has 0 radical (unpaired) electrons. The molecule has 2 heterocycles. The fraction of sp³-hybridized carbons (Fsp3) is 0.355. The molecule has 3 amide bonds. The number of hydrogen-bond donors (Lipinski definition) is 1. The third-order valence-electron chi connectivity index (χ3n) is 6.28. The van der Waals surface area contributed by atoms with Gasteiger partial charge in [0.25, 0.3) is 11.1 Å². The maximum absolute atomic E-state index is 14.0. The van der Waals surface area contributed by atoms with Gasteiger partial charge in [-0.3, -0.25) is 14.5 Å². The minimum atomic E-state index is -0.842. The monoisotopic (exact) mass is 609 g/mol. The first-order valence-electron chi connectivity index (χ1n) is 13.4. The third kappa shape index (κ3) is 7.57. The molecule has 0 unspecified atom stereocenters. The zero-order chi connectivity index (χ0) is 30.4. The van der Waals surface area contributed by atoms with E-state index in [1.165, 1.54) is 21.6 Å². The molecule has 0 saturated carbocycles. The summed E-state index contributed by atoms with van der Waals surface area (Å²) in [5.41, 5.74) is 1.58. The lowest BCUT2D eigenvalue weighted by molar-refractivity contribution is -0.153. The largest absolute Gasteiger partial charge is 0.448 e. The van der Waals surface area contributed by atoms with Crippen LogP contribution in [0.1, 0.15) is 38.0 Å². The van der Waals surface area contributed by atoms with Crippen LogP contribution in [0.3, 0.4) is 0 Å². The molecule has 11 heteroatoms. The molecule has 0 aliphatic carbocycles. The zero-order valence-corrected chi connectivity index (χ0v) is 25.9. The van der Waals surface area contributed by atoms with Crippen molar-refractivity contribution in [3.05, 3.63) is 95.2 Å². The molecule has 2 atom stereocenters. The Kier molecular flexibility index (Phi) is 10.1. The first-order chi connectivity index (χ1) is 20.0. The normalized spacial score (nSPS) is 18.4. The number of β-lactam (4-membered cyclic amide) rings is 1. The number of rotatable bonds is 8. The summed E-state index contributed by atoms with van der Waals surface area (Å²) in [7, 11) is 3.36. The second-order valence-electron chi connectivity index (χ2n) is 10.9. The number of benzene rings is 2. The lowest BCUT2D eigenvalue weighted by Crippen LogP contribution is -2.70. The summed E-state index contributed by atoms with van der Waals surface area (Å²) >= 11 is 2.56. The molecule has 2 aromatic carbocycles. The number of esters is 1. The van der Waals surface area contributed by atoms with E-state index < -0.39 is 41.1 Å². The van der Waals surface area contributed by atoms with Crippen molar-refractivity contribution in [2.75, 3.05) is 25.6 Å². The van der Waals surface area contributed by atoms with E-state index >= 15 is 0 Å². The molecule has 2 aromatic rings. The average molecular weight is 610 g/mol. The summed E-state index contributed by atoms with van der Waals surface area (Å²) in [6.07, 6.45) is 2.15. The molecule has 222 valence electrons. The summed E-state index contributed by atoms with van der Waals surface area (Å²) in [4.78, 5) is 54.7. The first-order valence-corrected chi connectivity index (χ1v) is 15.5. The van der Waals surface area contributed by atoms with Gasteiger partial charge in [-0.25, -0.2) is 9.59 Å². The molecule has 1 fully saturated rings. The van der Waals surface area contributed by atoms with E-state index in [1.807, 2.05) is 60.7 Å². The van der Waals surface area contributed by atoms with Crippen molar-refractivity contribution in [3.8, 4) is 0 Å². The van der Waals surface area contributed by atoms with Gasteiger partial charge in [-0.1, -0.05) is 84.6 Å². The van der Waals surface area contributed by atoms with Crippen LogP contribution in [0.15, 0.2) is 84.1 Å². The molecule has 9 nitrogen and oxygen atoms in total. The lowest BCUT2D eigenvalue weighted by atomic mass is 10.0. The third-order valence-corrected chi connectivity index (χ3v) is 8.55. The Morgan fingerprint density at radius 2 is 1.67 bits per heavy atom. The maximum Gasteiger partial charge on any atom is 0.408 e. The van der Waals surface area contributed by atoms with Crippen LogP contribution in [-0.2, 0) is 19.1 Å². The zero-order valence-electron chi connectivity index (χ0n) is 24.2. The maximum atomic E-state index is 14.0. The molecule has 0 aromatic heterocycles. The number of carbonyl (C=O) groups excluding carboxylic acids is 4. The number of fused-ring (bicyclic) bond motifs is 1. The molecule has 2 aliphatic rings. The van der Waals surface area contributed by atoms with Crippen molar-refractivity contribution in [1.82, 2.24) is 15.1 Å². The standard InChI is InChI=1S/C31H35N3O6S2/c1-31(2,3)40-29(37)32-23-26(35)34-24(22(19-42-27(23)34)17-12-18-41-30(38)33(4)5)28(36)39-25(20-13-8-6-9-14-20)21-15-10-7-11-16-21/h6-17,23,25,27H,18-19H2,1-5H3,(H,32,37)/b17-12-/t23-,27-/m1/s1. The minimum absolute atomic E-state index is 0.0890. The second-order valence-corrected chi connectivity index (χ2v) is 13.0. The average Bonchev–Trinajstić information content (AvgIpc) is 2.96. The molecular weight excluding hydrogens is 574 g/mol. The number of amides is 3. The van der Waals surface area contributed by atoms with Gasteiger partial charge in [-0.15, -0.1) is 11.8 Å². The number of carbonyl (C=O) groups is 4. The van der Waals surface area contributed by atoms with Crippen LogP contribution in [0.25, 0.3) is 0 Å². The van der Waals surface area contributed by atoms with E-state index in [2.05, 4.69) is 5.32 Å². The number of hydrogen-bond acceptors (Lipinski definition) is 8. The Morgan fingerprint density at radius 3 is 2.21 bits per heavy atom. The summed E-state index contributed by atoms with van der Waals surface area (Å²) in [5, 5.41) is 2.06. The highest BCUT2D eigenvalue weighted by atomic mass is 32.2. The first kappa shape index (κ1) is 31.2. The van der Waals surface area contributed by atoms with Gasteiger partial charge in [-0.2, -0.15) is 0 Å². The van der Waals surface area contributed by atoms with E-state index in [0.717, 1.165) is 22.9 Å². The molecule has 2 aliphatic heterocycles. The Hall–Kier alpha value is -3.70. The van der Waals surface area contributed by atoms with Crippen LogP contribution in [0, 0.1) is 0 Å². The molecule has 0 spiro atoms. The van der Waals surface area contributed by atoms with Gasteiger partial charge >= 0.3 is 12.1 Å². The lowest BCUT2D eigenvalue weighted by Gasteiger charge is -2.49. The smallest absolute Gasteiger partial charge is 0.408 e. The van der Waals surface area contributed by atoms with Gasteiger partial charge in [0.2, 0.25) is 0 Å². The van der Waals surface area contributed by atoms with E-state index in [1.54, 1.807) is 47.0 Å². The van der Waals surface area contributed by atoms with Crippen molar-refractivity contribution >= 4 is 46.7 Å². The van der Waals surface area contributed by atoms with Gasteiger partial charge in [0.15, 0.2) is 6.10 Å². The van der Waals surface area contributed by atoms with Crippen molar-refractivity contribution in [3.63, 3.8) is 0 Å². The topological polar surface area (TPSA) is 105 Å². The Labute approximate surface area is 254 Å². The predicted molar refractivity (Wildman–Crippen MR) is 165 cm³/mol. The SMILES string of the molecule is CN(C)C(=O)SC/C=C\C1=C(C(=O)OC(c2ccccc2)c2ccccc2)N2C(=O)[C@@H](NC(=O)OC(C)(C)C)[C@H]2SC1. The summed E-state index contributed by atoms with van der Waals surface area (Å²) < 4.78 is 11.5. The molecule has 1 N–H and O–H groups in total. The van der Waals surface area contributed by atoms with Gasteiger partial charge < -0.3 is 19.7 Å². The molecule has 1 saturated heterocycles. The van der Waals surface area contributed by atoms with Crippen molar-refractivity contribution < 1.29 is 28.7 Å². The Morgan fingerprint density at radius 1 is 1.07 bits per heavy atom. The molecule has 4 rings (SSSR count).